The fourth-order valence-corrected chi connectivity index (χ4v) is 2.13. The molecule has 1 aliphatic heterocycles. The van der Waals surface area contributed by atoms with Crippen LogP contribution in [-0.4, -0.2) is 52.1 Å². The van der Waals surface area contributed by atoms with Gasteiger partial charge in [-0.2, -0.15) is 0 Å². The normalized spacial score (nSPS) is 18.2. The maximum absolute atomic E-state index is 11.6. The van der Waals surface area contributed by atoms with E-state index in [1.54, 1.807) is 0 Å². The zero-order chi connectivity index (χ0) is 13.9. The molecule has 0 aromatic carbocycles. The zero-order valence-electron chi connectivity index (χ0n) is 12.2. The average molecular weight is 273 g/mol. The molecule has 1 heterocycles. The van der Waals surface area contributed by atoms with Gasteiger partial charge in [0.15, 0.2) is 0 Å². The first-order chi connectivity index (χ1) is 9.27. The molecular weight excluding hydrogens is 246 g/mol. The molecule has 0 saturated carbocycles. The van der Waals surface area contributed by atoms with E-state index < -0.39 is 0 Å². The van der Waals surface area contributed by atoms with Gasteiger partial charge >= 0.3 is 5.97 Å². The highest BCUT2D eigenvalue weighted by Crippen LogP contribution is 2.14. The van der Waals surface area contributed by atoms with Crippen molar-refractivity contribution in [3.8, 4) is 0 Å². The molecule has 0 bridgehead atoms. The van der Waals surface area contributed by atoms with Gasteiger partial charge in [0.25, 0.3) is 0 Å². The summed E-state index contributed by atoms with van der Waals surface area (Å²) in [5.74, 6) is 0.400. The lowest BCUT2D eigenvalue weighted by atomic mass is 10.0. The lowest BCUT2D eigenvalue weighted by Gasteiger charge is -2.22. The van der Waals surface area contributed by atoms with Crippen LogP contribution in [0.15, 0.2) is 0 Å². The van der Waals surface area contributed by atoms with Crippen LogP contribution >= 0.6 is 0 Å². The number of methoxy groups -OCH3 is 1. The molecule has 19 heavy (non-hydrogen) atoms. The van der Waals surface area contributed by atoms with Crippen molar-refractivity contribution in [2.24, 2.45) is 5.92 Å². The molecule has 1 rings (SSSR count). The molecule has 0 amide bonds. The van der Waals surface area contributed by atoms with Crippen LogP contribution in [0.2, 0.25) is 0 Å². The van der Waals surface area contributed by atoms with Gasteiger partial charge in [0.2, 0.25) is 0 Å². The monoisotopic (exact) mass is 273 g/mol. The van der Waals surface area contributed by atoms with E-state index in [1.165, 1.54) is 7.11 Å². The van der Waals surface area contributed by atoms with Gasteiger partial charge in [-0.25, -0.2) is 0 Å². The maximum atomic E-state index is 11.6. The molecule has 0 aromatic rings. The fraction of sp³-hybridized carbons (Fsp3) is 0.929. The van der Waals surface area contributed by atoms with Gasteiger partial charge in [-0.05, 0) is 38.1 Å². The van der Waals surface area contributed by atoms with Gasteiger partial charge in [0.1, 0.15) is 6.04 Å². The fourth-order valence-electron chi connectivity index (χ4n) is 2.13. The molecule has 1 atom stereocenters. The number of esters is 1. The van der Waals surface area contributed by atoms with E-state index >= 15 is 0 Å². The Labute approximate surface area is 116 Å². The zero-order valence-corrected chi connectivity index (χ0v) is 12.2. The molecule has 1 aliphatic rings. The highest BCUT2D eigenvalue weighted by atomic mass is 16.5. The predicted molar refractivity (Wildman–Crippen MR) is 73.1 cm³/mol. The number of ether oxygens (including phenoxy) is 3. The highest BCUT2D eigenvalue weighted by molar-refractivity contribution is 5.75. The average Bonchev–Trinajstić information content (AvgIpc) is 2.47. The van der Waals surface area contributed by atoms with Crippen LogP contribution in [0, 0.1) is 5.92 Å². The molecular formula is C14H27NO4. The van der Waals surface area contributed by atoms with Crippen LogP contribution in [0.1, 0.15) is 32.6 Å². The quantitative estimate of drug-likeness (QED) is 0.508. The minimum Gasteiger partial charge on any atom is -0.468 e. The lowest BCUT2D eigenvalue weighted by Crippen LogP contribution is -2.39. The van der Waals surface area contributed by atoms with Crippen molar-refractivity contribution in [2.45, 2.75) is 38.6 Å². The molecule has 1 N–H and O–H groups in total. The number of rotatable bonds is 9. The number of carbonyl (C=O) groups excluding carboxylic acids is 1. The van der Waals surface area contributed by atoms with Gasteiger partial charge in [0, 0.05) is 26.4 Å². The Balaban J connectivity index is 2.14. The van der Waals surface area contributed by atoms with E-state index in [-0.39, 0.29) is 12.0 Å². The smallest absolute Gasteiger partial charge is 0.322 e. The second-order valence-corrected chi connectivity index (χ2v) is 4.95. The standard InChI is InChI=1S/C14H27NO4/c1-3-7-15-13(14(16)17-2)6-10-19-11-12-4-8-18-9-5-12/h12-13,15H,3-11H2,1-2H3. The summed E-state index contributed by atoms with van der Waals surface area (Å²) in [6.45, 7) is 5.94. The minimum atomic E-state index is -0.250. The number of carbonyl (C=O) groups is 1. The van der Waals surface area contributed by atoms with E-state index in [0.717, 1.165) is 45.6 Å². The van der Waals surface area contributed by atoms with Gasteiger partial charge in [-0.3, -0.25) is 4.79 Å². The van der Waals surface area contributed by atoms with Crippen molar-refractivity contribution in [3.63, 3.8) is 0 Å². The van der Waals surface area contributed by atoms with Crippen molar-refractivity contribution < 1.29 is 19.0 Å². The molecule has 0 aromatic heterocycles. The summed E-state index contributed by atoms with van der Waals surface area (Å²) in [4.78, 5) is 11.6. The summed E-state index contributed by atoms with van der Waals surface area (Å²) >= 11 is 0. The number of nitrogens with one attached hydrogen (secondary N) is 1. The third kappa shape index (κ3) is 6.89. The molecule has 0 radical (unpaired) electrons. The Morgan fingerprint density at radius 1 is 1.42 bits per heavy atom. The molecule has 1 fully saturated rings. The van der Waals surface area contributed by atoms with Crippen molar-refractivity contribution >= 4 is 5.97 Å². The summed E-state index contributed by atoms with van der Waals surface area (Å²) < 4.78 is 15.8. The first-order valence-electron chi connectivity index (χ1n) is 7.24. The molecule has 5 heteroatoms. The van der Waals surface area contributed by atoms with E-state index in [4.69, 9.17) is 14.2 Å². The topological polar surface area (TPSA) is 56.8 Å². The first kappa shape index (κ1) is 16.4. The van der Waals surface area contributed by atoms with Crippen LogP contribution in [0.5, 0.6) is 0 Å². The van der Waals surface area contributed by atoms with Crippen molar-refractivity contribution in [2.75, 3.05) is 40.1 Å². The van der Waals surface area contributed by atoms with Crippen molar-refractivity contribution in [1.29, 1.82) is 0 Å². The van der Waals surface area contributed by atoms with Gasteiger partial charge in [-0.15, -0.1) is 0 Å². The Kier molecular flexibility index (Phi) is 8.79. The molecule has 112 valence electrons. The van der Waals surface area contributed by atoms with E-state index in [0.29, 0.717) is 18.9 Å². The van der Waals surface area contributed by atoms with Crippen LogP contribution in [0.3, 0.4) is 0 Å². The molecule has 1 saturated heterocycles. The molecule has 0 spiro atoms. The highest BCUT2D eigenvalue weighted by Gasteiger charge is 2.18. The Morgan fingerprint density at radius 2 is 2.16 bits per heavy atom. The largest absolute Gasteiger partial charge is 0.468 e. The molecule has 1 unspecified atom stereocenters. The van der Waals surface area contributed by atoms with Crippen LogP contribution < -0.4 is 5.32 Å². The Morgan fingerprint density at radius 3 is 2.79 bits per heavy atom. The number of hydrogen-bond donors (Lipinski definition) is 1. The molecule has 0 aliphatic carbocycles. The van der Waals surface area contributed by atoms with E-state index in [1.807, 2.05) is 0 Å². The second kappa shape index (κ2) is 10.2. The lowest BCUT2D eigenvalue weighted by molar-refractivity contribution is -0.143. The minimum absolute atomic E-state index is 0.205. The predicted octanol–water partition coefficient (Wildman–Crippen LogP) is 1.36. The van der Waals surface area contributed by atoms with E-state index in [2.05, 4.69) is 12.2 Å². The summed E-state index contributed by atoms with van der Waals surface area (Å²) in [6, 6.07) is -0.250. The van der Waals surface area contributed by atoms with Crippen LogP contribution in [0.4, 0.5) is 0 Å². The van der Waals surface area contributed by atoms with Gasteiger partial charge < -0.3 is 19.5 Å². The van der Waals surface area contributed by atoms with Crippen LogP contribution in [0.25, 0.3) is 0 Å². The first-order valence-corrected chi connectivity index (χ1v) is 7.24. The van der Waals surface area contributed by atoms with Gasteiger partial charge in [-0.1, -0.05) is 6.92 Å². The Bertz CT molecular complexity index is 242. The molecule has 5 nitrogen and oxygen atoms in total. The summed E-state index contributed by atoms with van der Waals surface area (Å²) in [6.07, 6.45) is 3.81. The van der Waals surface area contributed by atoms with Crippen molar-refractivity contribution in [3.05, 3.63) is 0 Å². The third-order valence-electron chi connectivity index (χ3n) is 3.37. The summed E-state index contributed by atoms with van der Waals surface area (Å²) in [5.41, 5.74) is 0. The van der Waals surface area contributed by atoms with Gasteiger partial charge in [0.05, 0.1) is 7.11 Å². The summed E-state index contributed by atoms with van der Waals surface area (Å²) in [7, 11) is 1.42. The third-order valence-corrected chi connectivity index (χ3v) is 3.37. The van der Waals surface area contributed by atoms with Crippen LogP contribution in [-0.2, 0) is 19.0 Å². The van der Waals surface area contributed by atoms with Crippen molar-refractivity contribution in [1.82, 2.24) is 5.32 Å². The summed E-state index contributed by atoms with van der Waals surface area (Å²) in [5, 5.41) is 3.18. The van der Waals surface area contributed by atoms with E-state index in [9.17, 15) is 4.79 Å². The Hall–Kier alpha value is -0.650. The SMILES string of the molecule is CCCNC(CCOCC1CCOCC1)C(=O)OC. The second-order valence-electron chi connectivity index (χ2n) is 4.95. The maximum Gasteiger partial charge on any atom is 0.322 e. The number of hydrogen-bond acceptors (Lipinski definition) is 5.